The number of rotatable bonds is 10. The zero-order chi connectivity index (χ0) is 19.3. The number of aryl methyl sites for hydroxylation is 1. The molecule has 0 aliphatic carbocycles. The van der Waals surface area contributed by atoms with E-state index in [2.05, 4.69) is 34.7 Å². The third-order valence-electron chi connectivity index (χ3n) is 4.69. The minimum absolute atomic E-state index is 0. The van der Waals surface area contributed by atoms with E-state index < -0.39 is 0 Å². The summed E-state index contributed by atoms with van der Waals surface area (Å²) in [6, 6.07) is 6.21. The van der Waals surface area contributed by atoms with Crippen molar-refractivity contribution in [3.8, 4) is 5.75 Å². The molecule has 1 fully saturated rings. The second-order valence-corrected chi connectivity index (χ2v) is 6.91. The molecule has 0 atom stereocenters. The van der Waals surface area contributed by atoms with E-state index in [1.54, 1.807) is 7.11 Å². The highest BCUT2D eigenvalue weighted by atomic mass is 127. The second kappa shape index (κ2) is 14.9. The lowest BCUT2D eigenvalue weighted by Crippen LogP contribution is -2.38. The van der Waals surface area contributed by atoms with Crippen LogP contribution in [0.4, 0.5) is 0 Å². The number of aliphatic imine (C=N–C) groups is 1. The summed E-state index contributed by atoms with van der Waals surface area (Å²) < 4.78 is 16.6. The maximum absolute atomic E-state index is 5.81. The van der Waals surface area contributed by atoms with E-state index in [1.165, 1.54) is 0 Å². The summed E-state index contributed by atoms with van der Waals surface area (Å²) in [7, 11) is 1.70. The Labute approximate surface area is 186 Å². The van der Waals surface area contributed by atoms with Crippen LogP contribution in [-0.4, -0.2) is 52.6 Å². The van der Waals surface area contributed by atoms with E-state index in [1.807, 2.05) is 13.0 Å². The highest BCUT2D eigenvalue weighted by Crippen LogP contribution is 2.19. The van der Waals surface area contributed by atoms with Gasteiger partial charge in [-0.15, -0.1) is 24.0 Å². The van der Waals surface area contributed by atoms with Crippen molar-refractivity contribution < 1.29 is 14.2 Å². The summed E-state index contributed by atoms with van der Waals surface area (Å²) in [6.07, 6.45) is 3.21. The van der Waals surface area contributed by atoms with Gasteiger partial charge in [-0.05, 0) is 56.2 Å². The molecule has 0 radical (unpaired) electrons. The lowest BCUT2D eigenvalue weighted by Gasteiger charge is -2.21. The molecule has 2 rings (SSSR count). The van der Waals surface area contributed by atoms with Gasteiger partial charge in [-0.1, -0.05) is 12.1 Å². The monoisotopic (exact) mass is 505 g/mol. The number of nitrogens with zero attached hydrogens (tertiary/aromatic N) is 1. The molecule has 1 aromatic rings. The molecule has 0 spiro atoms. The smallest absolute Gasteiger partial charge is 0.191 e. The fourth-order valence-electron chi connectivity index (χ4n) is 3.02. The Morgan fingerprint density at radius 2 is 2.04 bits per heavy atom. The van der Waals surface area contributed by atoms with Crippen LogP contribution in [0.25, 0.3) is 0 Å². The lowest BCUT2D eigenvalue weighted by molar-refractivity contribution is 0.0203. The fourth-order valence-corrected chi connectivity index (χ4v) is 3.02. The van der Waals surface area contributed by atoms with Crippen LogP contribution in [0.3, 0.4) is 0 Å². The van der Waals surface area contributed by atoms with Crippen molar-refractivity contribution in [1.82, 2.24) is 10.6 Å². The molecule has 2 N–H and O–H groups in total. The summed E-state index contributed by atoms with van der Waals surface area (Å²) in [5, 5.41) is 6.67. The number of ether oxygens (including phenoxy) is 3. The van der Waals surface area contributed by atoms with Crippen molar-refractivity contribution in [2.24, 2.45) is 10.9 Å². The topological polar surface area (TPSA) is 64.1 Å². The van der Waals surface area contributed by atoms with Gasteiger partial charge in [0.2, 0.25) is 0 Å². The Balaban J connectivity index is 0.00000392. The molecule has 0 aromatic heterocycles. The van der Waals surface area contributed by atoms with Gasteiger partial charge in [-0.25, -0.2) is 4.99 Å². The second-order valence-electron chi connectivity index (χ2n) is 6.91. The molecule has 160 valence electrons. The first kappa shape index (κ1) is 25.0. The molecular formula is C21H36IN3O3. The normalized spacial score (nSPS) is 15.0. The predicted molar refractivity (Wildman–Crippen MR) is 125 cm³/mol. The SMILES string of the molecule is CCNC(=NCc1ccc(C)c(OC)c1)NCCCOCC1CCOCC1.I. The van der Waals surface area contributed by atoms with Gasteiger partial charge in [-0.3, -0.25) is 0 Å². The number of halogens is 1. The van der Waals surface area contributed by atoms with E-state index in [0.29, 0.717) is 12.5 Å². The number of guanidine groups is 1. The Bertz CT molecular complexity index is 578. The highest BCUT2D eigenvalue weighted by Gasteiger charge is 2.13. The average molecular weight is 505 g/mol. The van der Waals surface area contributed by atoms with E-state index in [4.69, 9.17) is 14.2 Å². The average Bonchev–Trinajstić information content (AvgIpc) is 2.70. The van der Waals surface area contributed by atoms with Crippen molar-refractivity contribution in [3.05, 3.63) is 29.3 Å². The van der Waals surface area contributed by atoms with Crippen LogP contribution >= 0.6 is 24.0 Å². The molecule has 1 heterocycles. The summed E-state index contributed by atoms with van der Waals surface area (Å²) >= 11 is 0. The van der Waals surface area contributed by atoms with Crippen molar-refractivity contribution in [2.45, 2.75) is 39.7 Å². The van der Waals surface area contributed by atoms with Gasteiger partial charge >= 0.3 is 0 Å². The standard InChI is InChI=1S/C21H35N3O3.HI/c1-4-22-21(24-15-19-7-6-17(2)20(14-19)25-3)23-10-5-11-27-16-18-8-12-26-13-9-18;/h6-7,14,18H,4-5,8-13,15-16H2,1-3H3,(H2,22,23,24);1H. The molecule has 1 aromatic carbocycles. The summed E-state index contributed by atoms with van der Waals surface area (Å²) in [6.45, 7) is 9.80. The number of benzene rings is 1. The molecule has 0 saturated carbocycles. The van der Waals surface area contributed by atoms with Gasteiger partial charge in [0.25, 0.3) is 0 Å². The zero-order valence-electron chi connectivity index (χ0n) is 17.5. The maximum atomic E-state index is 5.81. The molecule has 6 nitrogen and oxygen atoms in total. The molecule has 28 heavy (non-hydrogen) atoms. The quantitative estimate of drug-likeness (QED) is 0.221. The van der Waals surface area contributed by atoms with Crippen molar-refractivity contribution >= 4 is 29.9 Å². The number of nitrogens with one attached hydrogen (secondary N) is 2. The number of hydrogen-bond acceptors (Lipinski definition) is 4. The number of methoxy groups -OCH3 is 1. The summed E-state index contributed by atoms with van der Waals surface area (Å²) in [4.78, 5) is 4.66. The largest absolute Gasteiger partial charge is 0.496 e. The van der Waals surface area contributed by atoms with Crippen molar-refractivity contribution in [1.29, 1.82) is 0 Å². The van der Waals surface area contributed by atoms with Gasteiger partial charge in [0.1, 0.15) is 5.75 Å². The Morgan fingerprint density at radius 1 is 1.25 bits per heavy atom. The van der Waals surface area contributed by atoms with Gasteiger partial charge < -0.3 is 24.8 Å². The molecular weight excluding hydrogens is 469 g/mol. The lowest BCUT2D eigenvalue weighted by atomic mass is 10.0. The Morgan fingerprint density at radius 3 is 2.75 bits per heavy atom. The van der Waals surface area contributed by atoms with E-state index in [9.17, 15) is 0 Å². The van der Waals surface area contributed by atoms with Gasteiger partial charge in [0.05, 0.1) is 13.7 Å². The Kier molecular flexibility index (Phi) is 13.3. The van der Waals surface area contributed by atoms with Crippen LogP contribution in [-0.2, 0) is 16.0 Å². The molecule has 0 bridgehead atoms. The van der Waals surface area contributed by atoms with Crippen LogP contribution < -0.4 is 15.4 Å². The third-order valence-corrected chi connectivity index (χ3v) is 4.69. The third kappa shape index (κ3) is 9.43. The molecule has 1 aliphatic heterocycles. The maximum Gasteiger partial charge on any atom is 0.191 e. The van der Waals surface area contributed by atoms with Gasteiger partial charge in [0.15, 0.2) is 5.96 Å². The Hall–Kier alpha value is -1.06. The van der Waals surface area contributed by atoms with Gasteiger partial charge in [-0.2, -0.15) is 0 Å². The van der Waals surface area contributed by atoms with Crippen LogP contribution in [0.2, 0.25) is 0 Å². The van der Waals surface area contributed by atoms with E-state index in [0.717, 1.165) is 81.6 Å². The first-order valence-corrected chi connectivity index (χ1v) is 10.0. The van der Waals surface area contributed by atoms with Crippen molar-refractivity contribution in [2.75, 3.05) is 46.6 Å². The summed E-state index contributed by atoms with van der Waals surface area (Å²) in [5.74, 6) is 2.40. The molecule has 1 saturated heterocycles. The van der Waals surface area contributed by atoms with Crippen LogP contribution in [0.1, 0.15) is 37.3 Å². The molecule has 7 heteroatoms. The minimum Gasteiger partial charge on any atom is -0.496 e. The van der Waals surface area contributed by atoms with Crippen molar-refractivity contribution in [3.63, 3.8) is 0 Å². The van der Waals surface area contributed by atoms with Gasteiger partial charge in [0, 0.05) is 39.5 Å². The molecule has 1 aliphatic rings. The highest BCUT2D eigenvalue weighted by molar-refractivity contribution is 14.0. The van der Waals surface area contributed by atoms with E-state index in [-0.39, 0.29) is 24.0 Å². The minimum atomic E-state index is 0. The van der Waals surface area contributed by atoms with Crippen LogP contribution in [0.15, 0.2) is 23.2 Å². The van der Waals surface area contributed by atoms with Crippen LogP contribution in [0, 0.1) is 12.8 Å². The number of hydrogen-bond donors (Lipinski definition) is 2. The molecule has 0 amide bonds. The molecule has 0 unspecified atom stereocenters. The van der Waals surface area contributed by atoms with Crippen LogP contribution in [0.5, 0.6) is 5.75 Å². The van der Waals surface area contributed by atoms with E-state index >= 15 is 0 Å². The fraction of sp³-hybridized carbons (Fsp3) is 0.667. The predicted octanol–water partition coefficient (Wildman–Crippen LogP) is 3.51. The zero-order valence-corrected chi connectivity index (χ0v) is 19.8. The first-order valence-electron chi connectivity index (χ1n) is 10.0. The first-order chi connectivity index (χ1) is 13.2. The summed E-state index contributed by atoms with van der Waals surface area (Å²) in [5.41, 5.74) is 2.27.